The second-order valence-corrected chi connectivity index (χ2v) is 10.0. The van der Waals surface area contributed by atoms with Gasteiger partial charge in [0.25, 0.3) is 0 Å². The van der Waals surface area contributed by atoms with Crippen LogP contribution in [0.3, 0.4) is 0 Å². The molecule has 4 heteroatoms. The predicted molar refractivity (Wildman–Crippen MR) is 103 cm³/mol. The highest BCUT2D eigenvalue weighted by molar-refractivity contribution is 5.67. The molecule has 7 unspecified atom stereocenters. The second kappa shape index (κ2) is 6.63. The average Bonchev–Trinajstić information content (AvgIpc) is 2.91. The molecule has 3 saturated carbocycles. The van der Waals surface area contributed by atoms with Crippen molar-refractivity contribution in [2.24, 2.45) is 34.5 Å². The minimum absolute atomic E-state index is 0.0327. The summed E-state index contributed by atoms with van der Waals surface area (Å²) in [7, 11) is 0. The van der Waals surface area contributed by atoms with Gasteiger partial charge in [0.15, 0.2) is 0 Å². The molecule has 0 aromatic heterocycles. The molecular weight excluding hydrogens is 340 g/mol. The maximum Gasteiger partial charge on any atom is 0.307 e. The van der Waals surface area contributed by atoms with Crippen LogP contribution < -0.4 is 0 Å². The topological polar surface area (TPSA) is 52.6 Å². The minimum Gasteiger partial charge on any atom is -0.463 e. The molecule has 0 spiro atoms. The Hall–Kier alpha value is -1.32. The Bertz CT molecular complexity index is 667. The highest BCUT2D eigenvalue weighted by Crippen LogP contribution is 2.66. The van der Waals surface area contributed by atoms with Crippen LogP contribution in [0.1, 0.15) is 79.1 Å². The van der Waals surface area contributed by atoms with Gasteiger partial charge in [0.05, 0.1) is 0 Å². The van der Waals surface area contributed by atoms with Crippen LogP contribution in [0.15, 0.2) is 11.8 Å². The van der Waals surface area contributed by atoms with Crippen LogP contribution in [-0.2, 0) is 19.1 Å². The molecule has 7 atom stereocenters. The molecule has 150 valence electrons. The van der Waals surface area contributed by atoms with Crippen molar-refractivity contribution in [3.63, 3.8) is 0 Å². The molecule has 3 fully saturated rings. The van der Waals surface area contributed by atoms with Crippen molar-refractivity contribution >= 4 is 11.9 Å². The van der Waals surface area contributed by atoms with Gasteiger partial charge in [-0.1, -0.05) is 13.8 Å². The molecule has 0 amide bonds. The number of esters is 2. The normalized spacial score (nSPS) is 45.8. The van der Waals surface area contributed by atoms with E-state index in [0.29, 0.717) is 17.3 Å². The largest absolute Gasteiger partial charge is 0.463 e. The van der Waals surface area contributed by atoms with Gasteiger partial charge < -0.3 is 9.47 Å². The Morgan fingerprint density at radius 2 is 1.78 bits per heavy atom. The third-order valence-corrected chi connectivity index (χ3v) is 8.71. The molecule has 0 bridgehead atoms. The lowest BCUT2D eigenvalue weighted by molar-refractivity contribution is -0.159. The first kappa shape index (κ1) is 19.0. The Labute approximate surface area is 163 Å². The van der Waals surface area contributed by atoms with Crippen LogP contribution in [-0.4, -0.2) is 18.0 Å². The van der Waals surface area contributed by atoms with E-state index in [-0.39, 0.29) is 23.5 Å². The van der Waals surface area contributed by atoms with Gasteiger partial charge in [-0.15, -0.1) is 0 Å². The summed E-state index contributed by atoms with van der Waals surface area (Å²) in [6, 6.07) is 0. The SMILES string of the molecule is CC(=O)OC1=CCC2C3CCC4CC(OC(C)=O)CCC4(C)C3CCC12C. The minimum atomic E-state index is -0.190. The molecule has 0 aromatic rings. The Morgan fingerprint density at radius 3 is 2.48 bits per heavy atom. The zero-order valence-electron chi connectivity index (χ0n) is 17.3. The van der Waals surface area contributed by atoms with Gasteiger partial charge >= 0.3 is 11.9 Å². The molecule has 0 aliphatic heterocycles. The molecule has 0 radical (unpaired) electrons. The summed E-state index contributed by atoms with van der Waals surface area (Å²) in [5.41, 5.74) is 0.399. The Balaban J connectivity index is 1.51. The first-order valence-electron chi connectivity index (χ1n) is 10.8. The quantitative estimate of drug-likeness (QED) is 0.637. The Kier molecular flexibility index (Phi) is 4.67. The number of hydrogen-bond acceptors (Lipinski definition) is 4. The third-order valence-electron chi connectivity index (χ3n) is 8.71. The molecule has 0 N–H and O–H groups in total. The summed E-state index contributed by atoms with van der Waals surface area (Å²) < 4.78 is 11.2. The molecular formula is C23H34O4. The molecule has 4 rings (SSSR count). The zero-order valence-corrected chi connectivity index (χ0v) is 17.3. The average molecular weight is 375 g/mol. The van der Waals surface area contributed by atoms with E-state index in [1.54, 1.807) is 0 Å². The van der Waals surface area contributed by atoms with Crippen molar-refractivity contribution in [1.29, 1.82) is 0 Å². The maximum absolute atomic E-state index is 11.5. The summed E-state index contributed by atoms with van der Waals surface area (Å²) in [4.78, 5) is 22.9. The summed E-state index contributed by atoms with van der Waals surface area (Å²) in [5.74, 6) is 3.35. The van der Waals surface area contributed by atoms with E-state index < -0.39 is 0 Å². The predicted octanol–water partition coefficient (Wildman–Crippen LogP) is 5.02. The monoisotopic (exact) mass is 374 g/mol. The van der Waals surface area contributed by atoms with Gasteiger partial charge in [-0.3, -0.25) is 9.59 Å². The smallest absolute Gasteiger partial charge is 0.307 e. The lowest BCUT2D eigenvalue weighted by Crippen LogP contribution is -2.54. The standard InChI is InChI=1S/C23H34O4/c1-14(24)26-17-9-11-22(3)16(13-17)5-6-18-19-7-8-21(27-15(2)25)23(19,4)12-10-20(18)22/h8,16-20H,5-7,9-13H2,1-4H3. The summed E-state index contributed by atoms with van der Waals surface area (Å²) in [6.07, 6.45) is 11.4. The fourth-order valence-electron chi connectivity index (χ4n) is 7.40. The van der Waals surface area contributed by atoms with Crippen LogP contribution in [0.25, 0.3) is 0 Å². The lowest BCUT2D eigenvalue weighted by atomic mass is 9.45. The van der Waals surface area contributed by atoms with E-state index in [1.165, 1.54) is 39.5 Å². The summed E-state index contributed by atoms with van der Waals surface area (Å²) in [5, 5.41) is 0. The number of hydrogen-bond donors (Lipinski definition) is 0. The highest BCUT2D eigenvalue weighted by atomic mass is 16.5. The van der Waals surface area contributed by atoms with Crippen LogP contribution >= 0.6 is 0 Å². The van der Waals surface area contributed by atoms with E-state index in [9.17, 15) is 9.59 Å². The van der Waals surface area contributed by atoms with Crippen LogP contribution in [0.4, 0.5) is 0 Å². The first-order valence-corrected chi connectivity index (χ1v) is 10.8. The van der Waals surface area contributed by atoms with Crippen LogP contribution in [0.2, 0.25) is 0 Å². The molecule has 0 saturated heterocycles. The second-order valence-electron chi connectivity index (χ2n) is 10.0. The van der Waals surface area contributed by atoms with Crippen molar-refractivity contribution in [3.8, 4) is 0 Å². The van der Waals surface area contributed by atoms with Gasteiger partial charge in [-0.25, -0.2) is 0 Å². The number of rotatable bonds is 2. The van der Waals surface area contributed by atoms with E-state index in [0.717, 1.165) is 43.3 Å². The van der Waals surface area contributed by atoms with Gasteiger partial charge in [0.2, 0.25) is 0 Å². The van der Waals surface area contributed by atoms with Gasteiger partial charge in [-0.2, -0.15) is 0 Å². The van der Waals surface area contributed by atoms with E-state index in [2.05, 4.69) is 19.9 Å². The van der Waals surface area contributed by atoms with Crippen molar-refractivity contribution in [2.45, 2.75) is 85.2 Å². The van der Waals surface area contributed by atoms with Gasteiger partial charge in [0.1, 0.15) is 11.9 Å². The fourth-order valence-corrected chi connectivity index (χ4v) is 7.40. The van der Waals surface area contributed by atoms with E-state index in [1.807, 2.05) is 0 Å². The summed E-state index contributed by atoms with van der Waals surface area (Å²) in [6.45, 7) is 7.87. The number of allylic oxidation sites excluding steroid dienone is 2. The molecule has 0 aromatic carbocycles. The van der Waals surface area contributed by atoms with Gasteiger partial charge in [0, 0.05) is 19.3 Å². The third kappa shape index (κ3) is 3.03. The fraction of sp³-hybridized carbons (Fsp3) is 0.826. The Morgan fingerprint density at radius 1 is 1.00 bits per heavy atom. The van der Waals surface area contributed by atoms with Crippen molar-refractivity contribution in [1.82, 2.24) is 0 Å². The molecule has 4 aliphatic carbocycles. The van der Waals surface area contributed by atoms with Crippen LogP contribution in [0.5, 0.6) is 0 Å². The van der Waals surface area contributed by atoms with Crippen molar-refractivity contribution in [3.05, 3.63) is 11.8 Å². The van der Waals surface area contributed by atoms with Crippen molar-refractivity contribution < 1.29 is 19.1 Å². The maximum atomic E-state index is 11.5. The zero-order chi connectivity index (χ0) is 19.4. The van der Waals surface area contributed by atoms with E-state index >= 15 is 0 Å². The number of carbonyl (C=O) groups is 2. The van der Waals surface area contributed by atoms with Gasteiger partial charge in [-0.05, 0) is 86.5 Å². The molecule has 27 heavy (non-hydrogen) atoms. The molecule has 0 heterocycles. The summed E-state index contributed by atoms with van der Waals surface area (Å²) >= 11 is 0. The number of fused-ring (bicyclic) bond motifs is 5. The first-order chi connectivity index (χ1) is 12.7. The highest BCUT2D eigenvalue weighted by Gasteiger charge is 2.59. The lowest BCUT2D eigenvalue weighted by Gasteiger charge is -2.60. The number of ether oxygens (including phenoxy) is 2. The van der Waals surface area contributed by atoms with Crippen LogP contribution in [0, 0.1) is 34.5 Å². The molecule has 4 nitrogen and oxygen atoms in total. The number of carbonyl (C=O) groups excluding carboxylic acids is 2. The van der Waals surface area contributed by atoms with E-state index in [4.69, 9.17) is 9.47 Å². The van der Waals surface area contributed by atoms with Crippen molar-refractivity contribution in [2.75, 3.05) is 0 Å². The molecule has 4 aliphatic rings.